The maximum absolute atomic E-state index is 12.1. The summed E-state index contributed by atoms with van der Waals surface area (Å²) in [6, 6.07) is 1.33. The second-order valence-corrected chi connectivity index (χ2v) is 7.46. The van der Waals surface area contributed by atoms with E-state index in [0.717, 1.165) is 23.7 Å². The molecule has 1 saturated heterocycles. The van der Waals surface area contributed by atoms with Gasteiger partial charge in [-0.2, -0.15) is 0 Å². The third-order valence-electron chi connectivity index (χ3n) is 3.49. The zero-order valence-corrected chi connectivity index (χ0v) is 13.3. The molecule has 2 rings (SSSR count). The predicted octanol–water partition coefficient (Wildman–Crippen LogP) is 0.320. The predicted molar refractivity (Wildman–Crippen MR) is 77.7 cm³/mol. The lowest BCUT2D eigenvalue weighted by atomic mass is 10.1. The van der Waals surface area contributed by atoms with Gasteiger partial charge in [-0.3, -0.25) is 4.79 Å². The molecule has 0 saturated carbocycles. The Labute approximate surface area is 124 Å². The summed E-state index contributed by atoms with van der Waals surface area (Å²) < 4.78 is 30.6. The number of amides is 1. The molecule has 0 aliphatic carbocycles. The molecule has 1 amide bonds. The van der Waals surface area contributed by atoms with Crippen LogP contribution in [-0.4, -0.2) is 51.9 Å². The van der Waals surface area contributed by atoms with E-state index in [1.54, 1.807) is 0 Å². The normalized spacial score (nSPS) is 19.7. The van der Waals surface area contributed by atoms with E-state index in [2.05, 4.69) is 10.6 Å². The van der Waals surface area contributed by atoms with Gasteiger partial charge in [-0.25, -0.2) is 12.7 Å². The number of nitrogens with zero attached hydrogens (tertiary/aromatic N) is 1. The molecule has 1 aliphatic rings. The van der Waals surface area contributed by atoms with Gasteiger partial charge in [0.2, 0.25) is 10.0 Å². The van der Waals surface area contributed by atoms with Crippen molar-refractivity contribution in [2.45, 2.75) is 30.7 Å². The van der Waals surface area contributed by atoms with Crippen LogP contribution in [-0.2, 0) is 10.0 Å². The lowest BCUT2D eigenvalue weighted by Gasteiger charge is -2.23. The summed E-state index contributed by atoms with van der Waals surface area (Å²) in [7, 11) is -0.727. The molecule has 21 heavy (non-hydrogen) atoms. The molecule has 2 heterocycles. The Morgan fingerprint density at radius 2 is 2.19 bits per heavy atom. The fraction of sp³-hybridized carbons (Fsp3) is 0.615. The third-order valence-corrected chi connectivity index (χ3v) is 5.41. The Morgan fingerprint density at radius 1 is 1.48 bits per heavy atom. The van der Waals surface area contributed by atoms with Gasteiger partial charge in [0.15, 0.2) is 5.76 Å². The van der Waals surface area contributed by atoms with E-state index in [9.17, 15) is 13.2 Å². The molecule has 0 radical (unpaired) electrons. The monoisotopic (exact) mass is 315 g/mol. The van der Waals surface area contributed by atoms with Gasteiger partial charge < -0.3 is 15.1 Å². The molecule has 1 fully saturated rings. The van der Waals surface area contributed by atoms with E-state index in [0.29, 0.717) is 6.54 Å². The van der Waals surface area contributed by atoms with Crippen LogP contribution in [0.2, 0.25) is 0 Å². The summed E-state index contributed by atoms with van der Waals surface area (Å²) in [4.78, 5) is 12.2. The van der Waals surface area contributed by atoms with Crippen molar-refractivity contribution in [2.24, 2.45) is 0 Å². The Bertz CT molecular complexity index is 615. The summed E-state index contributed by atoms with van der Waals surface area (Å²) >= 11 is 0. The van der Waals surface area contributed by atoms with Gasteiger partial charge in [-0.15, -0.1) is 0 Å². The highest BCUT2D eigenvalue weighted by atomic mass is 32.2. The number of rotatable bonds is 4. The fourth-order valence-corrected chi connectivity index (χ4v) is 3.32. The molecule has 0 spiro atoms. The Morgan fingerprint density at radius 3 is 2.76 bits per heavy atom. The second kappa shape index (κ2) is 6.17. The van der Waals surface area contributed by atoms with Crippen molar-refractivity contribution in [3.63, 3.8) is 0 Å². The van der Waals surface area contributed by atoms with Crippen molar-refractivity contribution in [1.82, 2.24) is 14.9 Å². The summed E-state index contributed by atoms with van der Waals surface area (Å²) in [6.45, 7) is 3.21. The lowest BCUT2D eigenvalue weighted by Crippen LogP contribution is -2.45. The molecule has 0 aromatic carbocycles. The van der Waals surface area contributed by atoms with Gasteiger partial charge in [0, 0.05) is 32.7 Å². The molecule has 1 atom stereocenters. The Balaban J connectivity index is 2.16. The van der Waals surface area contributed by atoms with Crippen LogP contribution in [0, 0.1) is 6.92 Å². The SMILES string of the molecule is Cc1oc(C(=O)NC2CCCNC2)cc1S(=O)(=O)N(C)C. The first-order valence-electron chi connectivity index (χ1n) is 6.87. The van der Waals surface area contributed by atoms with E-state index in [4.69, 9.17) is 4.42 Å². The van der Waals surface area contributed by atoms with Crippen LogP contribution in [0.5, 0.6) is 0 Å². The highest BCUT2D eigenvalue weighted by Gasteiger charge is 2.26. The third kappa shape index (κ3) is 3.45. The first-order valence-corrected chi connectivity index (χ1v) is 8.31. The maximum Gasteiger partial charge on any atom is 0.287 e. The van der Waals surface area contributed by atoms with E-state index >= 15 is 0 Å². The van der Waals surface area contributed by atoms with Crippen molar-refractivity contribution in [3.8, 4) is 0 Å². The highest BCUT2D eigenvalue weighted by molar-refractivity contribution is 7.89. The van der Waals surface area contributed by atoms with Crippen LogP contribution in [0.1, 0.15) is 29.2 Å². The molecule has 1 aliphatic heterocycles. The highest BCUT2D eigenvalue weighted by Crippen LogP contribution is 2.22. The van der Waals surface area contributed by atoms with Gasteiger partial charge in [-0.05, 0) is 26.3 Å². The van der Waals surface area contributed by atoms with Crippen LogP contribution >= 0.6 is 0 Å². The van der Waals surface area contributed by atoms with Crippen molar-refractivity contribution in [1.29, 1.82) is 0 Å². The van der Waals surface area contributed by atoms with Gasteiger partial charge in [0.25, 0.3) is 5.91 Å². The number of hydrogen-bond acceptors (Lipinski definition) is 5. The molecule has 1 unspecified atom stereocenters. The van der Waals surface area contributed by atoms with Crippen molar-refractivity contribution >= 4 is 15.9 Å². The number of sulfonamides is 1. The number of hydrogen-bond donors (Lipinski definition) is 2. The average Bonchev–Trinajstić information content (AvgIpc) is 2.82. The number of carbonyl (C=O) groups is 1. The van der Waals surface area contributed by atoms with Gasteiger partial charge in [0.1, 0.15) is 10.7 Å². The van der Waals surface area contributed by atoms with E-state index < -0.39 is 10.0 Å². The fourth-order valence-electron chi connectivity index (χ4n) is 2.26. The van der Waals surface area contributed by atoms with Crippen molar-refractivity contribution in [3.05, 3.63) is 17.6 Å². The first-order chi connectivity index (χ1) is 9.82. The molecule has 8 heteroatoms. The smallest absolute Gasteiger partial charge is 0.287 e. The minimum absolute atomic E-state index is 0.0264. The minimum Gasteiger partial charge on any atom is -0.455 e. The van der Waals surface area contributed by atoms with E-state index in [1.807, 2.05) is 0 Å². The van der Waals surface area contributed by atoms with E-state index in [1.165, 1.54) is 27.1 Å². The topological polar surface area (TPSA) is 91.6 Å². The molecule has 0 bridgehead atoms. The summed E-state index contributed by atoms with van der Waals surface area (Å²) in [5.74, 6) is -0.138. The number of furan rings is 1. The Kier molecular flexibility index (Phi) is 4.70. The first kappa shape index (κ1) is 16.0. The zero-order chi connectivity index (χ0) is 15.6. The van der Waals surface area contributed by atoms with Crippen LogP contribution in [0.4, 0.5) is 0 Å². The number of nitrogens with one attached hydrogen (secondary N) is 2. The largest absolute Gasteiger partial charge is 0.455 e. The molecule has 7 nitrogen and oxygen atoms in total. The lowest BCUT2D eigenvalue weighted by molar-refractivity contribution is 0.0901. The van der Waals surface area contributed by atoms with Crippen LogP contribution in [0.15, 0.2) is 15.4 Å². The van der Waals surface area contributed by atoms with Crippen molar-refractivity contribution in [2.75, 3.05) is 27.2 Å². The summed E-state index contributed by atoms with van der Waals surface area (Å²) in [5.41, 5.74) is 0. The van der Waals surface area contributed by atoms with Gasteiger partial charge >= 0.3 is 0 Å². The van der Waals surface area contributed by atoms with Gasteiger partial charge in [-0.1, -0.05) is 0 Å². The molecule has 1 aromatic rings. The van der Waals surface area contributed by atoms with Crippen LogP contribution in [0.3, 0.4) is 0 Å². The number of piperidine rings is 1. The standard InChI is InChI=1S/C13H21N3O4S/c1-9-12(21(18,19)16(2)3)7-11(20-9)13(17)15-10-5-4-6-14-8-10/h7,10,14H,4-6,8H2,1-3H3,(H,15,17). The summed E-state index contributed by atoms with van der Waals surface area (Å²) in [6.07, 6.45) is 1.91. The minimum atomic E-state index is -3.61. The summed E-state index contributed by atoms with van der Waals surface area (Å²) in [5, 5.41) is 6.05. The van der Waals surface area contributed by atoms with Crippen molar-refractivity contribution < 1.29 is 17.6 Å². The molecule has 2 N–H and O–H groups in total. The zero-order valence-electron chi connectivity index (χ0n) is 12.5. The second-order valence-electron chi connectivity index (χ2n) is 5.34. The van der Waals surface area contributed by atoms with Crippen LogP contribution in [0.25, 0.3) is 0 Å². The molecule has 118 valence electrons. The average molecular weight is 315 g/mol. The molecular formula is C13H21N3O4S. The molecular weight excluding hydrogens is 294 g/mol. The number of aryl methyl sites for hydroxylation is 1. The Hall–Kier alpha value is -1.38. The van der Waals surface area contributed by atoms with Crippen LogP contribution < -0.4 is 10.6 Å². The number of carbonyl (C=O) groups excluding carboxylic acids is 1. The van der Waals surface area contributed by atoms with E-state index in [-0.39, 0.29) is 28.4 Å². The van der Waals surface area contributed by atoms with Gasteiger partial charge in [0.05, 0.1) is 0 Å². The quantitative estimate of drug-likeness (QED) is 0.835. The maximum atomic E-state index is 12.1. The molecule has 1 aromatic heterocycles.